The maximum atomic E-state index is 13.2. The monoisotopic (exact) mass is 277 g/mol. The summed E-state index contributed by atoms with van der Waals surface area (Å²) in [7, 11) is 0. The molecular weight excluding hydrogens is 250 g/mol. The summed E-state index contributed by atoms with van der Waals surface area (Å²) in [5, 5.41) is 9.60. The van der Waals surface area contributed by atoms with Crippen molar-refractivity contribution in [1.29, 1.82) is 0 Å². The summed E-state index contributed by atoms with van der Waals surface area (Å²) >= 11 is 0. The molecule has 0 aromatic heterocycles. The summed E-state index contributed by atoms with van der Waals surface area (Å²) < 4.78 is 0. The fourth-order valence-corrected chi connectivity index (χ4v) is 6.13. The standard InChI is InChI=1S/C17H27NO2/c19-11-15-3-1-2-4-18(15)16(20)17-8-12-5-13(9-17)7-14(6-12)10-17/h12-15,19H,1-11H2. The van der Waals surface area contributed by atoms with Gasteiger partial charge in [-0.2, -0.15) is 0 Å². The summed E-state index contributed by atoms with van der Waals surface area (Å²) in [5.41, 5.74) is -0.0283. The van der Waals surface area contributed by atoms with Gasteiger partial charge in [-0.25, -0.2) is 0 Å². The molecule has 0 aromatic rings. The number of rotatable bonds is 2. The molecule has 4 aliphatic carbocycles. The molecule has 1 amide bonds. The van der Waals surface area contributed by atoms with E-state index in [1.165, 1.54) is 19.3 Å². The summed E-state index contributed by atoms with van der Waals surface area (Å²) in [6.45, 7) is 1.03. The second kappa shape index (κ2) is 4.72. The van der Waals surface area contributed by atoms with E-state index < -0.39 is 0 Å². The van der Waals surface area contributed by atoms with Crippen LogP contribution in [0.5, 0.6) is 0 Å². The quantitative estimate of drug-likeness (QED) is 0.843. The minimum Gasteiger partial charge on any atom is -0.394 e. The SMILES string of the molecule is O=C(N1CCCCC1CO)C12CC3CC(CC(C3)C1)C2. The van der Waals surface area contributed by atoms with E-state index in [0.717, 1.165) is 62.8 Å². The highest BCUT2D eigenvalue weighted by atomic mass is 16.3. The van der Waals surface area contributed by atoms with Crippen LogP contribution in [0.1, 0.15) is 57.8 Å². The van der Waals surface area contributed by atoms with E-state index in [-0.39, 0.29) is 18.1 Å². The van der Waals surface area contributed by atoms with Gasteiger partial charge >= 0.3 is 0 Å². The first-order chi connectivity index (χ1) is 9.70. The molecule has 0 spiro atoms. The summed E-state index contributed by atoms with van der Waals surface area (Å²) in [6.07, 6.45) is 10.9. The number of aliphatic hydroxyl groups excluding tert-OH is 1. The Morgan fingerprint density at radius 1 is 1.05 bits per heavy atom. The normalized spacial score (nSPS) is 46.8. The number of nitrogens with zero attached hydrogens (tertiary/aromatic N) is 1. The van der Waals surface area contributed by atoms with Crippen LogP contribution in [0.2, 0.25) is 0 Å². The molecule has 3 heteroatoms. The molecule has 4 saturated carbocycles. The summed E-state index contributed by atoms with van der Waals surface area (Å²) in [5.74, 6) is 2.88. The first-order valence-corrected chi connectivity index (χ1v) is 8.62. The third-order valence-corrected chi connectivity index (χ3v) is 6.59. The van der Waals surface area contributed by atoms with Gasteiger partial charge in [0.1, 0.15) is 0 Å². The lowest BCUT2D eigenvalue weighted by Gasteiger charge is -2.57. The zero-order valence-electron chi connectivity index (χ0n) is 12.4. The van der Waals surface area contributed by atoms with Crippen molar-refractivity contribution in [2.75, 3.05) is 13.2 Å². The molecule has 1 unspecified atom stereocenters. The van der Waals surface area contributed by atoms with Gasteiger partial charge in [-0.3, -0.25) is 4.79 Å². The number of piperidine rings is 1. The Morgan fingerprint density at radius 2 is 1.65 bits per heavy atom. The number of amides is 1. The molecule has 1 heterocycles. The van der Waals surface area contributed by atoms with Gasteiger partial charge in [-0.15, -0.1) is 0 Å². The van der Waals surface area contributed by atoms with Crippen LogP contribution in [0, 0.1) is 23.2 Å². The van der Waals surface area contributed by atoms with Gasteiger partial charge in [0.25, 0.3) is 0 Å². The Kier molecular flexibility index (Phi) is 3.10. The molecule has 4 bridgehead atoms. The molecule has 112 valence electrons. The smallest absolute Gasteiger partial charge is 0.229 e. The van der Waals surface area contributed by atoms with Crippen LogP contribution in [0.25, 0.3) is 0 Å². The Hall–Kier alpha value is -0.570. The minimum atomic E-state index is -0.0283. The molecule has 5 rings (SSSR count). The second-order valence-electron chi connectivity index (χ2n) is 8.03. The Morgan fingerprint density at radius 3 is 2.20 bits per heavy atom. The number of hydrogen-bond donors (Lipinski definition) is 1. The predicted molar refractivity (Wildman–Crippen MR) is 77.0 cm³/mol. The predicted octanol–water partition coefficient (Wildman–Crippen LogP) is 2.58. The van der Waals surface area contributed by atoms with Gasteiger partial charge in [0.15, 0.2) is 0 Å². The average molecular weight is 277 g/mol. The third-order valence-electron chi connectivity index (χ3n) is 6.59. The van der Waals surface area contributed by atoms with E-state index in [9.17, 15) is 9.90 Å². The van der Waals surface area contributed by atoms with E-state index in [2.05, 4.69) is 4.90 Å². The van der Waals surface area contributed by atoms with E-state index >= 15 is 0 Å². The Balaban J connectivity index is 1.58. The van der Waals surface area contributed by atoms with Crippen LogP contribution in [0.15, 0.2) is 0 Å². The molecule has 1 aliphatic heterocycles. The summed E-state index contributed by atoms with van der Waals surface area (Å²) in [4.78, 5) is 15.3. The second-order valence-corrected chi connectivity index (χ2v) is 8.03. The zero-order valence-corrected chi connectivity index (χ0v) is 12.4. The lowest BCUT2D eigenvalue weighted by Crippen LogP contribution is -2.58. The van der Waals surface area contributed by atoms with Crippen LogP contribution >= 0.6 is 0 Å². The Bertz CT molecular complexity index is 371. The molecule has 20 heavy (non-hydrogen) atoms. The molecule has 3 nitrogen and oxygen atoms in total. The first-order valence-electron chi connectivity index (χ1n) is 8.62. The topological polar surface area (TPSA) is 40.5 Å². The number of hydrogen-bond acceptors (Lipinski definition) is 2. The van der Waals surface area contributed by atoms with Gasteiger partial charge < -0.3 is 10.0 Å². The van der Waals surface area contributed by atoms with E-state index in [0.29, 0.717) is 5.91 Å². The van der Waals surface area contributed by atoms with Crippen molar-refractivity contribution in [3.8, 4) is 0 Å². The number of likely N-dealkylation sites (tertiary alicyclic amines) is 1. The number of carbonyl (C=O) groups excluding carboxylic acids is 1. The number of carbonyl (C=O) groups is 1. The van der Waals surface area contributed by atoms with Crippen molar-refractivity contribution in [2.24, 2.45) is 23.2 Å². The van der Waals surface area contributed by atoms with Gasteiger partial charge in [0.2, 0.25) is 5.91 Å². The van der Waals surface area contributed by atoms with Crippen molar-refractivity contribution in [2.45, 2.75) is 63.8 Å². The molecule has 1 N–H and O–H groups in total. The first kappa shape index (κ1) is 13.1. The maximum absolute atomic E-state index is 13.2. The molecule has 5 aliphatic rings. The zero-order chi connectivity index (χ0) is 13.7. The molecule has 1 atom stereocenters. The van der Waals surface area contributed by atoms with Gasteiger partial charge in [0, 0.05) is 6.54 Å². The van der Waals surface area contributed by atoms with E-state index in [1.54, 1.807) is 0 Å². The van der Waals surface area contributed by atoms with Gasteiger partial charge in [0.05, 0.1) is 18.1 Å². The fraction of sp³-hybridized carbons (Fsp3) is 0.941. The van der Waals surface area contributed by atoms with Crippen LogP contribution in [-0.4, -0.2) is 35.1 Å². The lowest BCUT2D eigenvalue weighted by molar-refractivity contribution is -0.162. The van der Waals surface area contributed by atoms with Gasteiger partial charge in [-0.1, -0.05) is 0 Å². The average Bonchev–Trinajstić information content (AvgIpc) is 2.45. The third kappa shape index (κ3) is 1.93. The highest BCUT2D eigenvalue weighted by molar-refractivity contribution is 5.83. The van der Waals surface area contributed by atoms with Crippen LogP contribution in [-0.2, 0) is 4.79 Å². The lowest BCUT2D eigenvalue weighted by atomic mass is 9.49. The Labute approximate surface area is 121 Å². The molecular formula is C17H27NO2. The summed E-state index contributed by atoms with van der Waals surface area (Å²) in [6, 6.07) is 0.101. The van der Waals surface area contributed by atoms with Crippen molar-refractivity contribution in [3.05, 3.63) is 0 Å². The van der Waals surface area contributed by atoms with Crippen molar-refractivity contribution >= 4 is 5.91 Å². The minimum absolute atomic E-state index is 0.0283. The van der Waals surface area contributed by atoms with Crippen molar-refractivity contribution < 1.29 is 9.90 Å². The highest BCUT2D eigenvalue weighted by Crippen LogP contribution is 2.60. The fourth-order valence-electron chi connectivity index (χ4n) is 6.13. The van der Waals surface area contributed by atoms with Crippen LogP contribution < -0.4 is 0 Å². The van der Waals surface area contributed by atoms with Gasteiger partial charge in [-0.05, 0) is 75.5 Å². The van der Waals surface area contributed by atoms with Crippen LogP contribution in [0.3, 0.4) is 0 Å². The molecule has 0 radical (unpaired) electrons. The molecule has 0 aromatic carbocycles. The van der Waals surface area contributed by atoms with Crippen LogP contribution in [0.4, 0.5) is 0 Å². The molecule has 5 fully saturated rings. The van der Waals surface area contributed by atoms with Crippen molar-refractivity contribution in [1.82, 2.24) is 4.90 Å². The van der Waals surface area contributed by atoms with Crippen molar-refractivity contribution in [3.63, 3.8) is 0 Å². The maximum Gasteiger partial charge on any atom is 0.229 e. The molecule has 1 saturated heterocycles. The van der Waals surface area contributed by atoms with E-state index in [1.807, 2.05) is 0 Å². The highest BCUT2D eigenvalue weighted by Gasteiger charge is 2.56. The largest absolute Gasteiger partial charge is 0.394 e. The number of aliphatic hydroxyl groups is 1. The van der Waals surface area contributed by atoms with E-state index in [4.69, 9.17) is 0 Å².